The molecule has 0 fully saturated rings. The zero-order valence-electron chi connectivity index (χ0n) is 2.20. The molecule has 0 aromatic heterocycles. The lowest BCUT2D eigenvalue weighted by Gasteiger charge is -1.36. The third-order valence-electron chi connectivity index (χ3n) is 0.0765. The van der Waals surface area contributed by atoms with E-state index in [0.29, 0.717) is 0 Å². The summed E-state index contributed by atoms with van der Waals surface area (Å²) >= 11 is 0. The molecule has 0 aliphatic heterocycles. The van der Waals surface area contributed by atoms with Gasteiger partial charge in [0.05, 0.1) is 5.22 Å². The molecule has 0 aliphatic carbocycles. The molecule has 0 unspecified atom stereocenters. The normalized spacial score (nSPS) is 4.80. The van der Waals surface area contributed by atoms with Gasteiger partial charge in [-0.15, -0.1) is 5.53 Å². The van der Waals surface area contributed by atoms with Crippen LogP contribution in [-0.2, 0) is 0 Å². The van der Waals surface area contributed by atoms with Gasteiger partial charge < -0.3 is 0 Å². The van der Waals surface area contributed by atoms with Crippen molar-refractivity contribution in [1.82, 2.24) is 0 Å². The maximum atomic E-state index is 8.73. The summed E-state index contributed by atoms with van der Waals surface area (Å²) < 4.78 is 0. The molecule has 5 heavy (non-hydrogen) atoms. The largest absolute Gasteiger partial charge is 0.235 e. The molecule has 0 bridgehead atoms. The molecule has 0 saturated heterocycles. The minimum Gasteiger partial charge on any atom is -0.162 e. The van der Waals surface area contributed by atoms with Gasteiger partial charge in [0, 0.05) is 0 Å². The molecular formula is N4O. The number of azide groups is 1. The van der Waals surface area contributed by atoms with Crippen LogP contribution in [0, 0.1) is 4.91 Å². The van der Waals surface area contributed by atoms with E-state index in [4.69, 9.17) is 10.4 Å². The Morgan fingerprint density at radius 3 is 2.40 bits per heavy atom. The Kier molecular flexibility index (Phi) is 2.28. The minimum absolute atomic E-state index is 1.81. The van der Waals surface area contributed by atoms with Gasteiger partial charge in [0.25, 0.3) is 0 Å². The summed E-state index contributed by atoms with van der Waals surface area (Å²) in [5, 5.41) is 4.03. The summed E-state index contributed by atoms with van der Waals surface area (Å²) in [6.07, 6.45) is 0. The summed E-state index contributed by atoms with van der Waals surface area (Å²) in [6, 6.07) is 0. The lowest BCUT2D eigenvalue weighted by Crippen LogP contribution is -1.23. The number of hydrogen-bond acceptors (Lipinski definition) is 1. The molecule has 0 saturated carbocycles. The van der Waals surface area contributed by atoms with Crippen molar-refractivity contribution in [3.63, 3.8) is 0 Å². The topological polar surface area (TPSA) is 78.2 Å². The first-order valence-corrected chi connectivity index (χ1v) is 0.783. The molecule has 0 heterocycles. The Morgan fingerprint density at radius 2 is 2.40 bits per heavy atom. The molecule has 5 heteroatoms. The Morgan fingerprint density at radius 1 is 1.80 bits per heavy atom. The number of nitroso groups, excluding NO2 is 1. The van der Waals surface area contributed by atoms with E-state index in [1.54, 1.807) is 0 Å². The van der Waals surface area contributed by atoms with Gasteiger partial charge in [0.2, 0.25) is 5.29 Å². The van der Waals surface area contributed by atoms with Crippen LogP contribution in [0.4, 0.5) is 0 Å². The predicted octanol–water partition coefficient (Wildman–Crippen LogP) is 0.978. The molecule has 0 aromatic carbocycles. The highest BCUT2D eigenvalue weighted by atomic mass is 16.3. The zero-order valence-corrected chi connectivity index (χ0v) is 2.20. The van der Waals surface area contributed by atoms with Crippen LogP contribution < -0.4 is 0 Å². The van der Waals surface area contributed by atoms with Crippen LogP contribution in [0.25, 0.3) is 10.4 Å². The maximum Gasteiger partial charge on any atom is 0.235 e. The van der Waals surface area contributed by atoms with E-state index in [2.05, 4.69) is 5.22 Å². The molecule has 0 amide bonds. The van der Waals surface area contributed by atoms with E-state index in [-0.39, 0.29) is 0 Å². The first-order chi connectivity index (χ1) is 2.41. The third kappa shape index (κ3) is 2.91. The monoisotopic (exact) mass is 72.0 g/mol. The number of nitrogens with zero attached hydrogens (tertiary/aromatic N) is 4. The second-order valence-electron chi connectivity index (χ2n) is 0.261. The molecule has 0 aromatic rings. The summed E-state index contributed by atoms with van der Waals surface area (Å²) in [7, 11) is 0. The van der Waals surface area contributed by atoms with Crippen molar-refractivity contribution in [2.24, 2.45) is 10.5 Å². The Bertz CT molecular complexity index is 67.7. The van der Waals surface area contributed by atoms with Crippen molar-refractivity contribution in [3.05, 3.63) is 15.3 Å². The maximum absolute atomic E-state index is 8.73. The van der Waals surface area contributed by atoms with Gasteiger partial charge in [-0.2, -0.15) is 4.91 Å². The van der Waals surface area contributed by atoms with E-state index in [1.807, 2.05) is 10.2 Å². The van der Waals surface area contributed by atoms with Crippen LogP contribution in [0.1, 0.15) is 0 Å². The van der Waals surface area contributed by atoms with Crippen LogP contribution in [-0.4, -0.2) is 0 Å². The standard InChI is InChI=1S/N4O/c1-2-3-4-5. The second kappa shape index (κ2) is 2.91. The fourth-order valence-electron chi connectivity index (χ4n) is 0.0163. The SMILES string of the molecule is [N-]=[N+]=NN=O. The molecule has 0 N–H and O–H groups in total. The predicted molar refractivity (Wildman–Crippen MR) is 14.9 cm³/mol. The summed E-state index contributed by atoms with van der Waals surface area (Å²) in [5.41, 5.74) is 7.23. The van der Waals surface area contributed by atoms with Crippen LogP contribution in [0.5, 0.6) is 0 Å². The van der Waals surface area contributed by atoms with Crippen molar-refractivity contribution in [3.8, 4) is 0 Å². The second-order valence-corrected chi connectivity index (χ2v) is 0.261. The molecule has 0 spiro atoms. The average Bonchev–Trinajstić information content (AvgIpc) is 1.41. The van der Waals surface area contributed by atoms with Gasteiger partial charge in [-0.05, 0) is 4.91 Å². The van der Waals surface area contributed by atoms with Gasteiger partial charge in [-0.3, -0.25) is 0 Å². The van der Waals surface area contributed by atoms with Crippen molar-refractivity contribution in [2.75, 3.05) is 0 Å². The summed E-state index contributed by atoms with van der Waals surface area (Å²) in [4.78, 5) is 10.7. The first kappa shape index (κ1) is 3.91. The summed E-state index contributed by atoms with van der Waals surface area (Å²) in [6.45, 7) is 0. The van der Waals surface area contributed by atoms with Gasteiger partial charge in [-0.1, -0.05) is 0 Å². The van der Waals surface area contributed by atoms with Crippen molar-refractivity contribution < 1.29 is 0 Å². The molecule has 26 valence electrons. The summed E-state index contributed by atoms with van der Waals surface area (Å²) in [5.74, 6) is 0. The van der Waals surface area contributed by atoms with E-state index in [9.17, 15) is 0 Å². The first-order valence-electron chi connectivity index (χ1n) is 0.783. The Hall–Kier alpha value is -1.09. The van der Waals surface area contributed by atoms with Crippen LogP contribution in [0.15, 0.2) is 10.5 Å². The lowest BCUT2D eigenvalue weighted by atomic mass is 12.7. The van der Waals surface area contributed by atoms with Gasteiger partial charge in [0.15, 0.2) is 0 Å². The van der Waals surface area contributed by atoms with Gasteiger partial charge >= 0.3 is 0 Å². The highest BCUT2D eigenvalue weighted by Gasteiger charge is 1.51. The highest BCUT2D eigenvalue weighted by molar-refractivity contribution is 4.32. The fourth-order valence-corrected chi connectivity index (χ4v) is 0.0163. The third-order valence-corrected chi connectivity index (χ3v) is 0.0765. The fraction of sp³-hybridized carbons (Fsp3) is 0. The van der Waals surface area contributed by atoms with Crippen molar-refractivity contribution in [2.45, 2.75) is 0 Å². The molecule has 0 radical (unpaired) electrons. The molecule has 0 atom stereocenters. The lowest BCUT2D eigenvalue weighted by molar-refractivity contribution is 1.19. The smallest absolute Gasteiger partial charge is 0.162 e. The molecular weight excluding hydrogens is 72.0 g/mol. The van der Waals surface area contributed by atoms with E-state index in [1.165, 1.54) is 0 Å². The van der Waals surface area contributed by atoms with Crippen LogP contribution >= 0.6 is 0 Å². The quantitative estimate of drug-likeness (QED) is 0.149. The van der Waals surface area contributed by atoms with Crippen molar-refractivity contribution in [1.29, 1.82) is 0 Å². The highest BCUT2D eigenvalue weighted by Crippen LogP contribution is 1.61. The van der Waals surface area contributed by atoms with Crippen LogP contribution in [0.3, 0.4) is 0 Å². The number of hydrogen-bond donors (Lipinski definition) is 0. The Labute approximate surface area is 27.2 Å². The minimum atomic E-state index is 1.81. The Balaban J connectivity index is 3.31. The van der Waals surface area contributed by atoms with E-state index in [0.717, 1.165) is 0 Å². The van der Waals surface area contributed by atoms with Crippen LogP contribution in [0.2, 0.25) is 0 Å². The molecule has 5 nitrogen and oxygen atoms in total. The molecule has 0 rings (SSSR count). The van der Waals surface area contributed by atoms with E-state index >= 15 is 0 Å². The van der Waals surface area contributed by atoms with Gasteiger partial charge in [0.1, 0.15) is 0 Å². The zero-order chi connectivity index (χ0) is 4.12. The van der Waals surface area contributed by atoms with E-state index < -0.39 is 0 Å². The average molecular weight is 72.0 g/mol. The van der Waals surface area contributed by atoms with Crippen molar-refractivity contribution >= 4 is 0 Å². The molecule has 0 aliphatic rings. The van der Waals surface area contributed by atoms with Gasteiger partial charge in [-0.25, -0.2) is 0 Å². The number of rotatable bonds is 1.